The van der Waals surface area contributed by atoms with E-state index in [9.17, 15) is 9.90 Å². The van der Waals surface area contributed by atoms with E-state index in [0.717, 1.165) is 36.8 Å². The standard InChI is InChI=1S/C13H17NO2/c1-9-4-5-10(8-11(9)14)13(12(15)16)6-2-3-7-13/h4-5,8H,2-3,6-7,14H2,1H3,(H,15,16). The summed E-state index contributed by atoms with van der Waals surface area (Å²) >= 11 is 0. The third-order valence-electron chi connectivity index (χ3n) is 3.70. The largest absolute Gasteiger partial charge is 0.481 e. The van der Waals surface area contributed by atoms with Gasteiger partial charge in [0.25, 0.3) is 0 Å². The van der Waals surface area contributed by atoms with Crippen molar-refractivity contribution in [3.05, 3.63) is 29.3 Å². The summed E-state index contributed by atoms with van der Waals surface area (Å²) in [6.45, 7) is 1.93. The SMILES string of the molecule is Cc1ccc(C2(C(=O)O)CCCC2)cc1N. The predicted octanol–water partition coefficient (Wildman–Crippen LogP) is 2.47. The lowest BCUT2D eigenvalue weighted by Gasteiger charge is -2.24. The number of aryl methyl sites for hydroxylation is 1. The van der Waals surface area contributed by atoms with Crippen LogP contribution in [0.4, 0.5) is 5.69 Å². The van der Waals surface area contributed by atoms with Gasteiger partial charge in [0, 0.05) is 5.69 Å². The number of carboxylic acids is 1. The van der Waals surface area contributed by atoms with Gasteiger partial charge < -0.3 is 10.8 Å². The number of anilines is 1. The molecule has 0 bridgehead atoms. The normalized spacial score (nSPS) is 18.6. The van der Waals surface area contributed by atoms with Crippen molar-refractivity contribution in [3.63, 3.8) is 0 Å². The molecule has 1 aromatic rings. The number of carboxylic acid groups (broad SMARTS) is 1. The number of carbonyl (C=O) groups is 1. The van der Waals surface area contributed by atoms with Gasteiger partial charge in [-0.3, -0.25) is 4.79 Å². The smallest absolute Gasteiger partial charge is 0.314 e. The summed E-state index contributed by atoms with van der Waals surface area (Å²) < 4.78 is 0. The Balaban J connectivity index is 2.47. The van der Waals surface area contributed by atoms with Crippen molar-refractivity contribution in [2.24, 2.45) is 0 Å². The second kappa shape index (κ2) is 3.81. The van der Waals surface area contributed by atoms with E-state index < -0.39 is 11.4 Å². The van der Waals surface area contributed by atoms with Gasteiger partial charge in [0.15, 0.2) is 0 Å². The molecule has 3 heteroatoms. The first-order valence-corrected chi connectivity index (χ1v) is 5.66. The molecule has 3 nitrogen and oxygen atoms in total. The Labute approximate surface area is 95.3 Å². The van der Waals surface area contributed by atoms with Crippen LogP contribution in [0.15, 0.2) is 18.2 Å². The topological polar surface area (TPSA) is 63.3 Å². The van der Waals surface area contributed by atoms with E-state index >= 15 is 0 Å². The molecule has 3 N–H and O–H groups in total. The van der Waals surface area contributed by atoms with Crippen LogP contribution in [0.25, 0.3) is 0 Å². The molecule has 86 valence electrons. The van der Waals surface area contributed by atoms with Crippen molar-refractivity contribution in [1.29, 1.82) is 0 Å². The van der Waals surface area contributed by atoms with Gasteiger partial charge in [-0.05, 0) is 37.0 Å². The van der Waals surface area contributed by atoms with Crippen molar-refractivity contribution in [2.45, 2.75) is 38.0 Å². The molecule has 0 spiro atoms. The summed E-state index contributed by atoms with van der Waals surface area (Å²) in [5.41, 5.74) is 7.71. The van der Waals surface area contributed by atoms with Gasteiger partial charge in [-0.15, -0.1) is 0 Å². The summed E-state index contributed by atoms with van der Waals surface area (Å²) in [6, 6.07) is 5.65. The first-order chi connectivity index (χ1) is 7.56. The van der Waals surface area contributed by atoms with Crippen LogP contribution in [0.1, 0.15) is 36.8 Å². The number of benzene rings is 1. The number of rotatable bonds is 2. The first kappa shape index (κ1) is 11.0. The van der Waals surface area contributed by atoms with Crippen LogP contribution >= 0.6 is 0 Å². The Bertz CT molecular complexity index is 420. The highest BCUT2D eigenvalue weighted by Crippen LogP contribution is 2.42. The number of hydrogen-bond donors (Lipinski definition) is 2. The fraction of sp³-hybridized carbons (Fsp3) is 0.462. The van der Waals surface area contributed by atoms with Crippen LogP contribution in [-0.2, 0) is 10.2 Å². The maximum atomic E-state index is 11.5. The van der Waals surface area contributed by atoms with Gasteiger partial charge in [0.05, 0.1) is 5.41 Å². The lowest BCUT2D eigenvalue weighted by atomic mass is 9.78. The molecule has 1 fully saturated rings. The van der Waals surface area contributed by atoms with Gasteiger partial charge in [0.1, 0.15) is 0 Å². The molecule has 1 aromatic carbocycles. The molecule has 2 rings (SSSR count). The van der Waals surface area contributed by atoms with Crippen molar-refractivity contribution in [2.75, 3.05) is 5.73 Å². The Kier molecular flexibility index (Phi) is 2.62. The van der Waals surface area contributed by atoms with Crippen molar-refractivity contribution in [3.8, 4) is 0 Å². The molecule has 0 heterocycles. The average molecular weight is 219 g/mol. The molecule has 0 amide bonds. The van der Waals surface area contributed by atoms with E-state index in [1.165, 1.54) is 0 Å². The third kappa shape index (κ3) is 1.56. The molecule has 0 aromatic heterocycles. The molecule has 0 unspecified atom stereocenters. The fourth-order valence-electron chi connectivity index (χ4n) is 2.54. The number of nitrogen functional groups attached to an aromatic ring is 1. The minimum Gasteiger partial charge on any atom is -0.481 e. The highest BCUT2D eigenvalue weighted by atomic mass is 16.4. The Morgan fingerprint density at radius 1 is 1.38 bits per heavy atom. The van der Waals surface area contributed by atoms with Crippen LogP contribution in [0.5, 0.6) is 0 Å². The summed E-state index contributed by atoms with van der Waals surface area (Å²) in [5, 5.41) is 9.44. The summed E-state index contributed by atoms with van der Waals surface area (Å²) in [5.74, 6) is -0.715. The number of hydrogen-bond acceptors (Lipinski definition) is 2. The summed E-state index contributed by atoms with van der Waals surface area (Å²) in [4.78, 5) is 11.5. The van der Waals surface area contributed by atoms with E-state index in [0.29, 0.717) is 5.69 Å². The molecular formula is C13H17NO2. The van der Waals surface area contributed by atoms with Crippen LogP contribution in [0.2, 0.25) is 0 Å². The predicted molar refractivity (Wildman–Crippen MR) is 63.4 cm³/mol. The molecule has 0 aliphatic heterocycles. The van der Waals surface area contributed by atoms with Gasteiger partial charge >= 0.3 is 5.97 Å². The number of nitrogens with two attached hydrogens (primary N) is 1. The molecule has 16 heavy (non-hydrogen) atoms. The van der Waals surface area contributed by atoms with E-state index in [1.54, 1.807) is 0 Å². The van der Waals surface area contributed by atoms with Crippen LogP contribution in [-0.4, -0.2) is 11.1 Å². The molecule has 1 saturated carbocycles. The van der Waals surface area contributed by atoms with Gasteiger partial charge in [-0.1, -0.05) is 25.0 Å². The molecule has 0 saturated heterocycles. The van der Waals surface area contributed by atoms with Gasteiger partial charge in [-0.25, -0.2) is 0 Å². The van der Waals surface area contributed by atoms with Crippen molar-refractivity contribution >= 4 is 11.7 Å². The minimum absolute atomic E-state index is 0.685. The highest BCUT2D eigenvalue weighted by molar-refractivity contribution is 5.82. The molecular weight excluding hydrogens is 202 g/mol. The molecule has 0 atom stereocenters. The zero-order valence-corrected chi connectivity index (χ0v) is 9.49. The van der Waals surface area contributed by atoms with Crippen LogP contribution in [0, 0.1) is 6.92 Å². The van der Waals surface area contributed by atoms with Crippen LogP contribution in [0.3, 0.4) is 0 Å². The monoisotopic (exact) mass is 219 g/mol. The van der Waals surface area contributed by atoms with E-state index in [4.69, 9.17) is 5.73 Å². The second-order valence-electron chi connectivity index (χ2n) is 4.67. The maximum Gasteiger partial charge on any atom is 0.314 e. The number of aliphatic carboxylic acids is 1. The van der Waals surface area contributed by atoms with E-state index in [-0.39, 0.29) is 0 Å². The molecule has 0 radical (unpaired) electrons. The second-order valence-corrected chi connectivity index (χ2v) is 4.67. The van der Waals surface area contributed by atoms with Gasteiger partial charge in [-0.2, -0.15) is 0 Å². The average Bonchev–Trinajstić information content (AvgIpc) is 2.72. The lowest BCUT2D eigenvalue weighted by molar-refractivity contribution is -0.143. The van der Waals surface area contributed by atoms with Crippen LogP contribution < -0.4 is 5.73 Å². The Morgan fingerprint density at radius 2 is 2.00 bits per heavy atom. The highest BCUT2D eigenvalue weighted by Gasteiger charge is 2.42. The Hall–Kier alpha value is -1.51. The zero-order chi connectivity index (χ0) is 11.8. The van der Waals surface area contributed by atoms with Crippen molar-refractivity contribution in [1.82, 2.24) is 0 Å². The molecule has 1 aliphatic rings. The lowest BCUT2D eigenvalue weighted by Crippen LogP contribution is -2.32. The molecule has 1 aliphatic carbocycles. The fourth-order valence-corrected chi connectivity index (χ4v) is 2.54. The van der Waals surface area contributed by atoms with E-state index in [2.05, 4.69) is 0 Å². The first-order valence-electron chi connectivity index (χ1n) is 5.66. The third-order valence-corrected chi connectivity index (χ3v) is 3.70. The zero-order valence-electron chi connectivity index (χ0n) is 9.49. The van der Waals surface area contributed by atoms with E-state index in [1.807, 2.05) is 25.1 Å². The van der Waals surface area contributed by atoms with Crippen molar-refractivity contribution < 1.29 is 9.90 Å². The van der Waals surface area contributed by atoms with Gasteiger partial charge in [0.2, 0.25) is 0 Å². The minimum atomic E-state index is -0.715. The maximum absolute atomic E-state index is 11.5. The Morgan fingerprint density at radius 3 is 2.50 bits per heavy atom. The quantitative estimate of drug-likeness (QED) is 0.751. The summed E-state index contributed by atoms with van der Waals surface area (Å²) in [6.07, 6.45) is 3.43. The summed E-state index contributed by atoms with van der Waals surface area (Å²) in [7, 11) is 0.